The Labute approximate surface area is 114 Å². The summed E-state index contributed by atoms with van der Waals surface area (Å²) in [5.41, 5.74) is 2.51. The molecule has 1 atom stereocenters. The van der Waals surface area contributed by atoms with Gasteiger partial charge in [0.2, 0.25) is 0 Å². The Bertz CT molecular complexity index is 382. The van der Waals surface area contributed by atoms with Crippen LogP contribution in [0.15, 0.2) is 24.3 Å². The standard InChI is InChI=1S/C15H22O2S/c1-10(2)13-7-5-12(6-8-13)9-18-14(11(3)4)15(16)17/h5-8,10-11,14H,9H2,1-4H3,(H,16,17). The number of carbonyl (C=O) groups is 1. The van der Waals surface area contributed by atoms with E-state index >= 15 is 0 Å². The van der Waals surface area contributed by atoms with Crippen molar-refractivity contribution in [2.75, 3.05) is 0 Å². The normalized spacial score (nSPS) is 13.0. The van der Waals surface area contributed by atoms with Crippen LogP contribution in [-0.2, 0) is 10.5 Å². The molecule has 0 aliphatic carbocycles. The molecule has 0 heterocycles. The number of thioether (sulfide) groups is 1. The highest BCUT2D eigenvalue weighted by atomic mass is 32.2. The molecule has 100 valence electrons. The van der Waals surface area contributed by atoms with E-state index in [4.69, 9.17) is 5.11 Å². The third-order valence-electron chi connectivity index (χ3n) is 2.92. The minimum Gasteiger partial charge on any atom is -0.480 e. The van der Waals surface area contributed by atoms with Gasteiger partial charge in [0.1, 0.15) is 5.25 Å². The van der Waals surface area contributed by atoms with Crippen molar-refractivity contribution < 1.29 is 9.90 Å². The van der Waals surface area contributed by atoms with E-state index in [0.717, 1.165) is 5.75 Å². The van der Waals surface area contributed by atoms with Crippen LogP contribution in [-0.4, -0.2) is 16.3 Å². The quantitative estimate of drug-likeness (QED) is 0.840. The third kappa shape index (κ3) is 4.37. The molecule has 3 heteroatoms. The van der Waals surface area contributed by atoms with E-state index in [-0.39, 0.29) is 11.2 Å². The molecule has 2 nitrogen and oxygen atoms in total. The summed E-state index contributed by atoms with van der Waals surface area (Å²) in [7, 11) is 0. The van der Waals surface area contributed by atoms with Gasteiger partial charge in [-0.15, -0.1) is 11.8 Å². The van der Waals surface area contributed by atoms with Crippen molar-refractivity contribution in [2.45, 2.75) is 44.6 Å². The molecule has 0 saturated heterocycles. The Balaban J connectivity index is 2.60. The van der Waals surface area contributed by atoms with E-state index in [0.29, 0.717) is 5.92 Å². The summed E-state index contributed by atoms with van der Waals surface area (Å²) >= 11 is 1.51. The van der Waals surface area contributed by atoms with Gasteiger partial charge in [0.25, 0.3) is 0 Å². The summed E-state index contributed by atoms with van der Waals surface area (Å²) < 4.78 is 0. The predicted molar refractivity (Wildman–Crippen MR) is 78.1 cm³/mol. The van der Waals surface area contributed by atoms with Crippen molar-refractivity contribution >= 4 is 17.7 Å². The molecule has 0 fully saturated rings. The minimum absolute atomic E-state index is 0.155. The summed E-state index contributed by atoms with van der Waals surface area (Å²) in [5.74, 6) is 0.735. The second kappa shape index (κ2) is 6.83. The number of aliphatic carboxylic acids is 1. The number of hydrogen-bond acceptors (Lipinski definition) is 2. The van der Waals surface area contributed by atoms with Gasteiger partial charge in [-0.2, -0.15) is 0 Å². The Morgan fingerprint density at radius 1 is 1.17 bits per heavy atom. The number of carboxylic acid groups (broad SMARTS) is 1. The molecule has 1 aromatic carbocycles. The first-order chi connectivity index (χ1) is 8.41. The van der Waals surface area contributed by atoms with Crippen molar-refractivity contribution in [3.63, 3.8) is 0 Å². The zero-order valence-corrected chi connectivity index (χ0v) is 12.3. The molecule has 0 bridgehead atoms. The van der Waals surface area contributed by atoms with E-state index in [1.807, 2.05) is 13.8 Å². The van der Waals surface area contributed by atoms with Crippen LogP contribution in [0.1, 0.15) is 44.7 Å². The summed E-state index contributed by atoms with van der Waals surface area (Å²) in [6, 6.07) is 8.46. The maximum Gasteiger partial charge on any atom is 0.316 e. The van der Waals surface area contributed by atoms with E-state index in [1.54, 1.807) is 0 Å². The predicted octanol–water partition coefficient (Wildman–Crippen LogP) is 4.15. The number of hydrogen-bond donors (Lipinski definition) is 1. The lowest BCUT2D eigenvalue weighted by molar-refractivity contribution is -0.137. The number of benzene rings is 1. The highest BCUT2D eigenvalue weighted by Crippen LogP contribution is 2.25. The average molecular weight is 266 g/mol. The molecule has 1 unspecified atom stereocenters. The molecule has 1 N–H and O–H groups in total. The zero-order chi connectivity index (χ0) is 13.7. The molecule has 0 aliphatic rings. The Morgan fingerprint density at radius 2 is 1.72 bits per heavy atom. The maximum atomic E-state index is 11.1. The topological polar surface area (TPSA) is 37.3 Å². The average Bonchev–Trinajstić information content (AvgIpc) is 2.28. The van der Waals surface area contributed by atoms with Crippen LogP contribution < -0.4 is 0 Å². The van der Waals surface area contributed by atoms with Crippen molar-refractivity contribution in [1.82, 2.24) is 0 Å². The van der Waals surface area contributed by atoms with E-state index < -0.39 is 5.97 Å². The highest BCUT2D eigenvalue weighted by Gasteiger charge is 2.21. The second-order valence-corrected chi connectivity index (χ2v) is 6.34. The zero-order valence-electron chi connectivity index (χ0n) is 11.5. The monoisotopic (exact) mass is 266 g/mol. The van der Waals surface area contributed by atoms with Crippen molar-refractivity contribution in [1.29, 1.82) is 0 Å². The first-order valence-corrected chi connectivity index (χ1v) is 7.40. The summed E-state index contributed by atoms with van der Waals surface area (Å²) in [4.78, 5) is 11.1. The van der Waals surface area contributed by atoms with Crippen molar-refractivity contribution in [3.05, 3.63) is 35.4 Å². The van der Waals surface area contributed by atoms with Gasteiger partial charge in [-0.25, -0.2) is 0 Å². The second-order valence-electron chi connectivity index (χ2n) is 5.21. The van der Waals surface area contributed by atoms with Gasteiger partial charge < -0.3 is 5.11 Å². The lowest BCUT2D eigenvalue weighted by Gasteiger charge is -2.15. The third-order valence-corrected chi connectivity index (χ3v) is 4.53. The smallest absolute Gasteiger partial charge is 0.316 e. The largest absolute Gasteiger partial charge is 0.480 e. The van der Waals surface area contributed by atoms with Crippen LogP contribution in [0.5, 0.6) is 0 Å². The van der Waals surface area contributed by atoms with Crippen LogP contribution in [0.3, 0.4) is 0 Å². The summed E-state index contributed by atoms with van der Waals surface area (Å²) in [6.07, 6.45) is 0. The van der Waals surface area contributed by atoms with Gasteiger partial charge in [0, 0.05) is 5.75 Å². The van der Waals surface area contributed by atoms with Gasteiger partial charge in [-0.3, -0.25) is 4.79 Å². The molecular formula is C15H22O2S. The maximum absolute atomic E-state index is 11.1. The van der Waals surface area contributed by atoms with Gasteiger partial charge in [-0.1, -0.05) is 52.0 Å². The molecule has 0 saturated carbocycles. The van der Waals surface area contributed by atoms with E-state index in [2.05, 4.69) is 38.1 Å². The molecule has 0 amide bonds. The fourth-order valence-corrected chi connectivity index (χ4v) is 2.83. The molecule has 1 rings (SSSR count). The minimum atomic E-state index is -0.714. The van der Waals surface area contributed by atoms with Gasteiger partial charge in [-0.05, 0) is 23.0 Å². The molecule has 0 radical (unpaired) electrons. The summed E-state index contributed by atoms with van der Waals surface area (Å²) in [5, 5.41) is 8.79. The first kappa shape index (κ1) is 15.1. The molecule has 18 heavy (non-hydrogen) atoms. The fourth-order valence-electron chi connectivity index (χ4n) is 1.73. The van der Waals surface area contributed by atoms with Crippen molar-refractivity contribution in [3.8, 4) is 0 Å². The van der Waals surface area contributed by atoms with E-state index in [1.165, 1.54) is 22.9 Å². The number of carboxylic acids is 1. The van der Waals surface area contributed by atoms with Gasteiger partial charge in [0.05, 0.1) is 0 Å². The van der Waals surface area contributed by atoms with Crippen LogP contribution in [0.2, 0.25) is 0 Å². The fraction of sp³-hybridized carbons (Fsp3) is 0.533. The molecular weight excluding hydrogens is 244 g/mol. The molecule has 1 aromatic rings. The summed E-state index contributed by atoms with van der Waals surface area (Å²) in [6.45, 7) is 8.24. The first-order valence-electron chi connectivity index (χ1n) is 6.35. The van der Waals surface area contributed by atoms with Crippen LogP contribution in [0.25, 0.3) is 0 Å². The molecule has 0 aromatic heterocycles. The molecule has 0 spiro atoms. The Kier molecular flexibility index (Phi) is 5.73. The lowest BCUT2D eigenvalue weighted by atomic mass is 10.0. The Hall–Kier alpha value is -0.960. The SMILES string of the molecule is CC(C)c1ccc(CSC(C(=O)O)C(C)C)cc1. The van der Waals surface area contributed by atoms with E-state index in [9.17, 15) is 4.79 Å². The lowest BCUT2D eigenvalue weighted by Crippen LogP contribution is -2.22. The molecule has 0 aliphatic heterocycles. The van der Waals surface area contributed by atoms with Gasteiger partial charge >= 0.3 is 5.97 Å². The number of rotatable bonds is 6. The van der Waals surface area contributed by atoms with Crippen molar-refractivity contribution in [2.24, 2.45) is 5.92 Å². The van der Waals surface area contributed by atoms with Gasteiger partial charge in [0.15, 0.2) is 0 Å². The Morgan fingerprint density at radius 3 is 2.11 bits per heavy atom. The van der Waals surface area contributed by atoms with Crippen LogP contribution in [0, 0.1) is 5.92 Å². The van der Waals surface area contributed by atoms with Crippen LogP contribution >= 0.6 is 11.8 Å². The van der Waals surface area contributed by atoms with Crippen LogP contribution in [0.4, 0.5) is 0 Å². The highest BCUT2D eigenvalue weighted by molar-refractivity contribution is 7.99.